The molecule has 0 bridgehead atoms. The van der Waals surface area contributed by atoms with Crippen LogP contribution in [0.25, 0.3) is 22.1 Å². The third kappa shape index (κ3) is 3.52. The van der Waals surface area contributed by atoms with Gasteiger partial charge in [0.25, 0.3) is 0 Å². The van der Waals surface area contributed by atoms with Crippen molar-refractivity contribution < 1.29 is 32.6 Å². The molecule has 0 radical (unpaired) electrons. The average Bonchev–Trinajstić information content (AvgIpc) is 2.93. The van der Waals surface area contributed by atoms with Gasteiger partial charge in [0, 0.05) is 5.39 Å². The van der Waals surface area contributed by atoms with Gasteiger partial charge in [0.2, 0.25) is 0 Å². The highest BCUT2D eigenvalue weighted by Gasteiger charge is 2.35. The summed E-state index contributed by atoms with van der Waals surface area (Å²) in [5, 5.41) is 22.1. The lowest BCUT2D eigenvalue weighted by Gasteiger charge is -2.10. The van der Waals surface area contributed by atoms with Crippen LogP contribution in [0.1, 0.15) is 11.3 Å². The van der Waals surface area contributed by atoms with E-state index in [9.17, 15) is 28.2 Å². The summed E-state index contributed by atoms with van der Waals surface area (Å²) >= 11 is 0. The van der Waals surface area contributed by atoms with Gasteiger partial charge in [-0.3, -0.25) is 0 Å². The van der Waals surface area contributed by atoms with Crippen LogP contribution >= 0.6 is 0 Å². The number of phenols is 1. The summed E-state index contributed by atoms with van der Waals surface area (Å²) in [6.45, 7) is -0.310. The average molecular weight is 350 g/mol. The Morgan fingerprint density at radius 1 is 1.16 bits per heavy atom. The number of benzene rings is 2. The van der Waals surface area contributed by atoms with Crippen LogP contribution < -0.4 is 10.4 Å². The number of hydrogen-bond acceptors (Lipinski definition) is 4. The van der Waals surface area contributed by atoms with Crippen molar-refractivity contribution in [2.45, 2.75) is 12.7 Å². The van der Waals surface area contributed by atoms with Crippen molar-refractivity contribution in [2.75, 3.05) is 0 Å². The number of alkyl halides is 3. The fraction of sp³-hybridized carbons (Fsp3) is 0.118. The van der Waals surface area contributed by atoms with Crippen LogP contribution in [0.5, 0.6) is 5.75 Å². The zero-order valence-corrected chi connectivity index (χ0v) is 12.6. The standard InChI is InChI=1S/C17H12F3NO4/c18-17(19,20)14-7-10(9-2-1-3-12(22)5-9)4-11-6-13(25-15(11)14)8-21-16(23)24/h1-7,21-22H,8H2,(H,23,24)/p-1. The number of carbonyl (C=O) groups excluding carboxylic acids is 1. The second-order valence-electron chi connectivity index (χ2n) is 5.34. The third-order valence-corrected chi connectivity index (χ3v) is 3.56. The molecule has 0 aliphatic rings. The lowest BCUT2D eigenvalue weighted by Crippen LogP contribution is -2.35. The first-order valence-electron chi connectivity index (χ1n) is 7.12. The van der Waals surface area contributed by atoms with Crippen molar-refractivity contribution in [1.29, 1.82) is 0 Å². The Balaban J connectivity index is 2.15. The first-order chi connectivity index (χ1) is 11.7. The molecule has 1 heterocycles. The monoisotopic (exact) mass is 350 g/mol. The molecule has 8 heteroatoms. The van der Waals surface area contributed by atoms with Gasteiger partial charge in [0.1, 0.15) is 23.2 Å². The minimum Gasteiger partial charge on any atom is -0.530 e. The van der Waals surface area contributed by atoms with E-state index in [1.807, 2.05) is 5.32 Å². The van der Waals surface area contributed by atoms with Crippen LogP contribution in [0.2, 0.25) is 0 Å². The number of nitrogens with one attached hydrogen (secondary N) is 1. The topological polar surface area (TPSA) is 85.5 Å². The second kappa shape index (κ2) is 6.04. The molecule has 3 aromatic rings. The quantitative estimate of drug-likeness (QED) is 0.759. The molecule has 130 valence electrons. The van der Waals surface area contributed by atoms with Gasteiger partial charge in [-0.15, -0.1) is 0 Å². The van der Waals surface area contributed by atoms with Crippen molar-refractivity contribution in [3.8, 4) is 16.9 Å². The first kappa shape index (κ1) is 16.7. The highest BCUT2D eigenvalue weighted by atomic mass is 19.4. The van der Waals surface area contributed by atoms with E-state index in [2.05, 4.69) is 0 Å². The van der Waals surface area contributed by atoms with Gasteiger partial charge >= 0.3 is 6.18 Å². The molecule has 2 aromatic carbocycles. The highest BCUT2D eigenvalue weighted by Crippen LogP contribution is 2.39. The molecule has 0 atom stereocenters. The van der Waals surface area contributed by atoms with Gasteiger partial charge in [0.05, 0.1) is 12.1 Å². The van der Waals surface area contributed by atoms with Crippen LogP contribution in [0.15, 0.2) is 46.9 Å². The summed E-state index contributed by atoms with van der Waals surface area (Å²) in [4.78, 5) is 10.4. The molecule has 0 spiro atoms. The Kier molecular flexibility index (Phi) is 4.03. The summed E-state index contributed by atoms with van der Waals surface area (Å²) in [5.41, 5.74) is -0.714. The van der Waals surface area contributed by atoms with Crippen LogP contribution in [-0.2, 0) is 12.7 Å². The Bertz CT molecular complexity index is 947. The third-order valence-electron chi connectivity index (χ3n) is 3.56. The molecule has 1 amide bonds. The smallest absolute Gasteiger partial charge is 0.420 e. The number of phenolic OH excluding ortho intramolecular Hbond substituents is 1. The summed E-state index contributed by atoms with van der Waals surface area (Å²) in [6, 6.07) is 9.58. The SMILES string of the molecule is O=C([O-])NCc1cc2cc(-c3cccc(O)c3)cc(C(F)(F)F)c2o1. The second-order valence-corrected chi connectivity index (χ2v) is 5.34. The Hall–Kier alpha value is -3.16. The molecule has 0 unspecified atom stereocenters. The Morgan fingerprint density at radius 2 is 1.92 bits per heavy atom. The largest absolute Gasteiger partial charge is 0.530 e. The number of hydrogen-bond donors (Lipinski definition) is 2. The van der Waals surface area contributed by atoms with Gasteiger partial charge in [-0.05, 0) is 41.5 Å². The Labute approximate surface area is 139 Å². The molecule has 0 saturated heterocycles. The lowest BCUT2D eigenvalue weighted by atomic mass is 10.00. The number of carboxylic acid groups (broad SMARTS) is 1. The van der Waals surface area contributed by atoms with Crippen LogP contribution in [0.4, 0.5) is 18.0 Å². The Morgan fingerprint density at radius 3 is 2.56 bits per heavy atom. The zero-order valence-electron chi connectivity index (χ0n) is 12.6. The van der Waals surface area contributed by atoms with Crippen molar-refractivity contribution in [3.63, 3.8) is 0 Å². The molecular weight excluding hydrogens is 339 g/mol. The number of aromatic hydroxyl groups is 1. The minimum atomic E-state index is -4.66. The van der Waals surface area contributed by atoms with Crippen LogP contribution in [-0.4, -0.2) is 11.2 Å². The maximum absolute atomic E-state index is 13.4. The maximum Gasteiger partial charge on any atom is 0.420 e. The summed E-state index contributed by atoms with van der Waals surface area (Å²) < 4.78 is 45.3. The molecule has 0 saturated carbocycles. The van der Waals surface area contributed by atoms with Crippen LogP contribution in [0, 0.1) is 0 Å². The van der Waals surface area contributed by atoms with E-state index in [1.165, 1.54) is 30.3 Å². The predicted octanol–water partition coefficient (Wildman–Crippen LogP) is 3.26. The van der Waals surface area contributed by atoms with Gasteiger partial charge in [-0.1, -0.05) is 12.1 Å². The molecule has 0 fully saturated rings. The van der Waals surface area contributed by atoms with E-state index in [1.54, 1.807) is 6.07 Å². The zero-order chi connectivity index (χ0) is 18.2. The summed E-state index contributed by atoms with van der Waals surface area (Å²) in [6.07, 6.45) is -6.22. The molecule has 5 nitrogen and oxygen atoms in total. The van der Waals surface area contributed by atoms with E-state index in [0.29, 0.717) is 5.56 Å². The fourth-order valence-corrected chi connectivity index (χ4v) is 2.52. The molecule has 3 rings (SSSR count). The number of rotatable bonds is 3. The van der Waals surface area contributed by atoms with E-state index in [4.69, 9.17) is 4.42 Å². The van der Waals surface area contributed by atoms with E-state index >= 15 is 0 Å². The van der Waals surface area contributed by atoms with Crippen molar-refractivity contribution >= 4 is 17.1 Å². The molecule has 2 N–H and O–H groups in total. The number of amides is 1. The predicted molar refractivity (Wildman–Crippen MR) is 80.6 cm³/mol. The molecule has 1 aromatic heterocycles. The van der Waals surface area contributed by atoms with Crippen molar-refractivity contribution in [2.24, 2.45) is 0 Å². The lowest BCUT2D eigenvalue weighted by molar-refractivity contribution is -0.251. The van der Waals surface area contributed by atoms with Gasteiger partial charge in [-0.2, -0.15) is 13.2 Å². The van der Waals surface area contributed by atoms with Crippen molar-refractivity contribution in [3.05, 3.63) is 53.8 Å². The molecule has 25 heavy (non-hydrogen) atoms. The van der Waals surface area contributed by atoms with E-state index < -0.39 is 17.8 Å². The number of carbonyl (C=O) groups is 1. The number of fused-ring (bicyclic) bond motifs is 1. The molecule has 0 aliphatic carbocycles. The number of furan rings is 1. The van der Waals surface area contributed by atoms with Crippen molar-refractivity contribution in [1.82, 2.24) is 5.32 Å². The van der Waals surface area contributed by atoms with Gasteiger partial charge < -0.3 is 24.7 Å². The van der Waals surface area contributed by atoms with Crippen LogP contribution in [0.3, 0.4) is 0 Å². The normalized spacial score (nSPS) is 11.6. The molecule has 0 aliphatic heterocycles. The van der Waals surface area contributed by atoms with E-state index in [-0.39, 0.29) is 34.6 Å². The summed E-state index contributed by atoms with van der Waals surface area (Å²) in [5.74, 6) is -0.0463. The molecular formula is C17H11F3NO4-. The highest BCUT2D eigenvalue weighted by molar-refractivity contribution is 5.87. The first-order valence-corrected chi connectivity index (χ1v) is 7.12. The maximum atomic E-state index is 13.4. The number of halogens is 3. The van der Waals surface area contributed by atoms with Gasteiger partial charge in [0.15, 0.2) is 0 Å². The van der Waals surface area contributed by atoms with Gasteiger partial charge in [-0.25, -0.2) is 0 Å². The minimum absolute atomic E-state index is 0.0257. The fourth-order valence-electron chi connectivity index (χ4n) is 2.52. The van der Waals surface area contributed by atoms with E-state index in [0.717, 1.165) is 6.07 Å². The summed E-state index contributed by atoms with van der Waals surface area (Å²) in [7, 11) is 0.